The molecule has 1 N–H and O–H groups in total. The van der Waals surface area contributed by atoms with Crippen molar-refractivity contribution in [2.45, 2.75) is 18.4 Å². The first-order valence-corrected chi connectivity index (χ1v) is 6.25. The lowest BCUT2D eigenvalue weighted by Gasteiger charge is -2.33. The van der Waals surface area contributed by atoms with Crippen molar-refractivity contribution in [3.8, 4) is 0 Å². The van der Waals surface area contributed by atoms with Crippen LogP contribution >= 0.6 is 15.9 Å². The van der Waals surface area contributed by atoms with Gasteiger partial charge in [0.15, 0.2) is 0 Å². The van der Waals surface area contributed by atoms with E-state index < -0.39 is 5.60 Å². The highest BCUT2D eigenvalue weighted by Crippen LogP contribution is 2.45. The molecular formula is C12H12BrNO2. The number of nitrogens with one attached hydrogen (secondary N) is 1. The standard InChI is InChI=1S/C12H12BrNO2/c13-9-3-1-2-8-10(9)12(16-11(8)15)4-6-14-7-5-12/h1-3,14H,4-7H2. The minimum absolute atomic E-state index is 0.182. The summed E-state index contributed by atoms with van der Waals surface area (Å²) in [5.41, 5.74) is 1.37. The smallest absolute Gasteiger partial charge is 0.339 e. The molecule has 0 unspecified atom stereocenters. The second kappa shape index (κ2) is 3.57. The first-order valence-electron chi connectivity index (χ1n) is 5.46. The predicted octanol–water partition coefficient (Wildman–Crippen LogP) is 2.20. The van der Waals surface area contributed by atoms with E-state index in [4.69, 9.17) is 4.74 Å². The number of hydrogen-bond acceptors (Lipinski definition) is 3. The van der Waals surface area contributed by atoms with Gasteiger partial charge in [0.2, 0.25) is 0 Å². The van der Waals surface area contributed by atoms with Gasteiger partial charge in [0.25, 0.3) is 0 Å². The molecule has 0 aromatic heterocycles. The third kappa shape index (κ3) is 1.33. The minimum atomic E-state index is -0.391. The van der Waals surface area contributed by atoms with Crippen LogP contribution in [0.1, 0.15) is 28.8 Å². The van der Waals surface area contributed by atoms with Crippen molar-refractivity contribution in [3.05, 3.63) is 33.8 Å². The number of rotatable bonds is 0. The van der Waals surface area contributed by atoms with E-state index in [2.05, 4.69) is 21.2 Å². The van der Waals surface area contributed by atoms with Gasteiger partial charge >= 0.3 is 5.97 Å². The quantitative estimate of drug-likeness (QED) is 0.741. The molecule has 0 atom stereocenters. The molecule has 1 saturated heterocycles. The fourth-order valence-corrected chi connectivity index (χ4v) is 3.35. The van der Waals surface area contributed by atoms with E-state index in [9.17, 15) is 4.79 Å². The summed E-state index contributed by atoms with van der Waals surface area (Å²) in [6.45, 7) is 1.79. The van der Waals surface area contributed by atoms with Gasteiger partial charge in [0, 0.05) is 22.9 Å². The predicted molar refractivity (Wildman–Crippen MR) is 63.3 cm³/mol. The molecule has 0 saturated carbocycles. The number of fused-ring (bicyclic) bond motifs is 2. The summed E-state index contributed by atoms with van der Waals surface area (Å²) in [5, 5.41) is 3.29. The summed E-state index contributed by atoms with van der Waals surface area (Å²) in [6.07, 6.45) is 1.71. The third-order valence-corrected chi connectivity index (χ3v) is 4.05. The molecule has 3 nitrogen and oxygen atoms in total. The molecule has 2 heterocycles. The number of hydrogen-bond donors (Lipinski definition) is 1. The maximum Gasteiger partial charge on any atom is 0.339 e. The number of esters is 1. The zero-order valence-corrected chi connectivity index (χ0v) is 10.3. The van der Waals surface area contributed by atoms with E-state index in [1.54, 1.807) is 0 Å². The van der Waals surface area contributed by atoms with Crippen LogP contribution in [-0.2, 0) is 10.3 Å². The van der Waals surface area contributed by atoms with Gasteiger partial charge in [0.05, 0.1) is 5.56 Å². The Morgan fingerprint density at radius 3 is 2.81 bits per heavy atom. The Hall–Kier alpha value is -0.870. The van der Waals surface area contributed by atoms with Crippen LogP contribution in [0.2, 0.25) is 0 Å². The van der Waals surface area contributed by atoms with Crippen molar-refractivity contribution in [1.29, 1.82) is 0 Å². The number of piperidine rings is 1. The van der Waals surface area contributed by atoms with Crippen molar-refractivity contribution in [3.63, 3.8) is 0 Å². The van der Waals surface area contributed by atoms with Crippen LogP contribution < -0.4 is 5.32 Å². The summed E-state index contributed by atoms with van der Waals surface area (Å²) < 4.78 is 6.62. The first-order chi connectivity index (χ1) is 7.73. The lowest BCUT2D eigenvalue weighted by atomic mass is 9.84. The fourth-order valence-electron chi connectivity index (χ4n) is 2.62. The zero-order chi connectivity index (χ0) is 11.2. The van der Waals surface area contributed by atoms with Crippen LogP contribution in [0.15, 0.2) is 22.7 Å². The molecule has 0 amide bonds. The summed E-state index contributed by atoms with van der Waals surface area (Å²) in [7, 11) is 0. The van der Waals surface area contributed by atoms with Crippen molar-refractivity contribution in [1.82, 2.24) is 5.32 Å². The molecule has 84 valence electrons. The van der Waals surface area contributed by atoms with E-state index in [0.29, 0.717) is 0 Å². The van der Waals surface area contributed by atoms with Gasteiger partial charge in [-0.1, -0.05) is 22.0 Å². The second-order valence-electron chi connectivity index (χ2n) is 4.30. The molecule has 3 rings (SSSR count). The van der Waals surface area contributed by atoms with Gasteiger partial charge in [-0.25, -0.2) is 4.79 Å². The molecule has 16 heavy (non-hydrogen) atoms. The summed E-state index contributed by atoms with van der Waals surface area (Å²) in [4.78, 5) is 11.8. The Bertz CT molecular complexity index is 452. The lowest BCUT2D eigenvalue weighted by Crippen LogP contribution is -2.40. The highest BCUT2D eigenvalue weighted by molar-refractivity contribution is 9.10. The number of carbonyl (C=O) groups excluding carboxylic acids is 1. The molecule has 1 fully saturated rings. The van der Waals surface area contributed by atoms with Crippen LogP contribution in [0, 0.1) is 0 Å². The van der Waals surface area contributed by atoms with Crippen LogP contribution in [0.4, 0.5) is 0 Å². The SMILES string of the molecule is O=C1OC2(CCNCC2)c2c(Br)cccc21. The molecule has 1 spiro atoms. The van der Waals surface area contributed by atoms with Crippen molar-refractivity contribution < 1.29 is 9.53 Å². The van der Waals surface area contributed by atoms with Crippen LogP contribution in [0.5, 0.6) is 0 Å². The Balaban J connectivity index is 2.16. The number of ether oxygens (including phenoxy) is 1. The van der Waals surface area contributed by atoms with Crippen molar-refractivity contribution in [2.75, 3.05) is 13.1 Å². The van der Waals surface area contributed by atoms with E-state index >= 15 is 0 Å². The molecule has 0 bridgehead atoms. The summed E-state index contributed by atoms with van der Waals surface area (Å²) in [5.74, 6) is -0.182. The first kappa shape index (κ1) is 10.3. The topological polar surface area (TPSA) is 38.3 Å². The molecule has 2 aliphatic rings. The normalized spacial score (nSPS) is 21.9. The molecule has 0 radical (unpaired) electrons. The molecule has 0 aliphatic carbocycles. The monoisotopic (exact) mass is 281 g/mol. The maximum absolute atomic E-state index is 11.8. The van der Waals surface area contributed by atoms with Gasteiger partial charge < -0.3 is 10.1 Å². The van der Waals surface area contributed by atoms with Crippen LogP contribution in [-0.4, -0.2) is 19.1 Å². The highest BCUT2D eigenvalue weighted by atomic mass is 79.9. The molecule has 1 aromatic carbocycles. The van der Waals surface area contributed by atoms with Gasteiger partial charge in [-0.05, 0) is 25.2 Å². The van der Waals surface area contributed by atoms with E-state index in [1.165, 1.54) is 0 Å². The van der Waals surface area contributed by atoms with Gasteiger partial charge in [0.1, 0.15) is 5.60 Å². The molecule has 2 aliphatic heterocycles. The Labute approximate surface area is 102 Å². The Morgan fingerprint density at radius 2 is 2.06 bits per heavy atom. The van der Waals surface area contributed by atoms with Gasteiger partial charge in [-0.2, -0.15) is 0 Å². The fraction of sp³-hybridized carbons (Fsp3) is 0.417. The zero-order valence-electron chi connectivity index (χ0n) is 8.75. The van der Waals surface area contributed by atoms with E-state index in [1.807, 2.05) is 18.2 Å². The Morgan fingerprint density at radius 1 is 1.31 bits per heavy atom. The van der Waals surface area contributed by atoms with Gasteiger partial charge in [-0.15, -0.1) is 0 Å². The van der Waals surface area contributed by atoms with Crippen LogP contribution in [0.25, 0.3) is 0 Å². The third-order valence-electron chi connectivity index (χ3n) is 3.39. The number of benzene rings is 1. The van der Waals surface area contributed by atoms with Crippen molar-refractivity contribution in [2.24, 2.45) is 0 Å². The highest BCUT2D eigenvalue weighted by Gasteiger charge is 2.47. The number of carbonyl (C=O) groups is 1. The van der Waals surface area contributed by atoms with Gasteiger partial charge in [-0.3, -0.25) is 0 Å². The average Bonchev–Trinajstić information content (AvgIpc) is 2.55. The Kier molecular flexibility index (Phi) is 2.30. The average molecular weight is 282 g/mol. The number of halogens is 1. The molecule has 1 aromatic rings. The minimum Gasteiger partial charge on any atom is -0.450 e. The maximum atomic E-state index is 11.8. The molecular weight excluding hydrogens is 270 g/mol. The van der Waals surface area contributed by atoms with E-state index in [0.717, 1.165) is 41.5 Å². The largest absolute Gasteiger partial charge is 0.450 e. The molecule has 4 heteroatoms. The summed E-state index contributed by atoms with van der Waals surface area (Å²) >= 11 is 3.53. The van der Waals surface area contributed by atoms with E-state index in [-0.39, 0.29) is 5.97 Å². The van der Waals surface area contributed by atoms with Crippen LogP contribution in [0.3, 0.4) is 0 Å². The second-order valence-corrected chi connectivity index (χ2v) is 5.15. The lowest BCUT2D eigenvalue weighted by molar-refractivity contribution is -0.0244. The van der Waals surface area contributed by atoms with Crippen molar-refractivity contribution >= 4 is 21.9 Å². The summed E-state index contributed by atoms with van der Waals surface area (Å²) in [6, 6.07) is 5.70.